The fraction of sp³-hybridized carbons (Fsp3) is 0.167. The van der Waals surface area contributed by atoms with Crippen LogP contribution < -0.4 is 5.32 Å². The second-order valence-electron chi connectivity index (χ2n) is 5.52. The minimum atomic E-state index is -1.19. The van der Waals surface area contributed by atoms with Gasteiger partial charge in [0, 0.05) is 29.8 Å². The average Bonchev–Trinajstić information content (AvgIpc) is 2.68. The van der Waals surface area contributed by atoms with Gasteiger partial charge in [0.1, 0.15) is 0 Å². The molecule has 0 aliphatic rings. The van der Waals surface area contributed by atoms with Gasteiger partial charge < -0.3 is 10.1 Å². The van der Waals surface area contributed by atoms with Crippen LogP contribution >= 0.6 is 0 Å². The summed E-state index contributed by atoms with van der Waals surface area (Å²) in [6.45, 7) is -0.742. The third kappa shape index (κ3) is 5.66. The smallest absolute Gasteiger partial charge is 0.308 e. The maximum Gasteiger partial charge on any atom is 0.308 e. The van der Waals surface area contributed by atoms with Crippen LogP contribution in [-0.4, -0.2) is 35.7 Å². The summed E-state index contributed by atoms with van der Waals surface area (Å²) in [7, 11) is 0. The molecule has 0 saturated carbocycles. The number of esters is 1. The summed E-state index contributed by atoms with van der Waals surface area (Å²) in [4.78, 5) is 45.2. The van der Waals surface area contributed by atoms with Crippen LogP contribution in [0.5, 0.6) is 0 Å². The lowest BCUT2D eigenvalue weighted by molar-refractivity contribution is -0.384. The van der Waals surface area contributed by atoms with Crippen LogP contribution in [0, 0.1) is 21.7 Å². The molecule has 0 atom stereocenters. The summed E-state index contributed by atoms with van der Waals surface area (Å²) in [6, 6.07) is 7.45. The van der Waals surface area contributed by atoms with Crippen LogP contribution in [-0.2, 0) is 9.53 Å². The van der Waals surface area contributed by atoms with Crippen LogP contribution in [0.3, 0.4) is 0 Å². The van der Waals surface area contributed by atoms with Gasteiger partial charge in [-0.2, -0.15) is 0 Å². The van der Waals surface area contributed by atoms with Gasteiger partial charge in [0.15, 0.2) is 24.0 Å². The summed E-state index contributed by atoms with van der Waals surface area (Å²) in [5, 5.41) is 13.0. The lowest BCUT2D eigenvalue weighted by atomic mass is 10.1. The molecule has 0 spiro atoms. The second kappa shape index (κ2) is 9.31. The number of Topliss-reactive ketones (excluding diaryl/α,β-unsaturated/α-hetero) is 1. The molecule has 0 aliphatic carbocycles. The lowest BCUT2D eigenvalue weighted by Gasteiger charge is -2.06. The van der Waals surface area contributed by atoms with Crippen molar-refractivity contribution < 1.29 is 32.8 Å². The van der Waals surface area contributed by atoms with Crippen LogP contribution in [0.2, 0.25) is 0 Å². The number of carbonyl (C=O) groups excluding carboxylic acids is 3. The highest BCUT2D eigenvalue weighted by atomic mass is 19.2. The van der Waals surface area contributed by atoms with Crippen molar-refractivity contribution in [2.24, 2.45) is 0 Å². The highest BCUT2D eigenvalue weighted by Gasteiger charge is 2.13. The van der Waals surface area contributed by atoms with Crippen molar-refractivity contribution in [2.75, 3.05) is 13.2 Å². The number of nitrogens with one attached hydrogen (secondary N) is 1. The maximum atomic E-state index is 13.1. The van der Waals surface area contributed by atoms with Crippen LogP contribution in [0.15, 0.2) is 42.5 Å². The highest BCUT2D eigenvalue weighted by molar-refractivity contribution is 5.98. The van der Waals surface area contributed by atoms with Gasteiger partial charge in [-0.05, 0) is 30.3 Å². The number of carbonyl (C=O) groups is 3. The molecule has 2 aromatic carbocycles. The lowest BCUT2D eigenvalue weighted by Crippen LogP contribution is -2.27. The van der Waals surface area contributed by atoms with Crippen molar-refractivity contribution in [3.05, 3.63) is 75.3 Å². The van der Waals surface area contributed by atoms with Gasteiger partial charge in [0.2, 0.25) is 0 Å². The number of nitrogens with zero attached hydrogens (tertiary/aromatic N) is 1. The van der Waals surface area contributed by atoms with Crippen molar-refractivity contribution >= 4 is 23.3 Å². The van der Waals surface area contributed by atoms with Crippen molar-refractivity contribution in [3.8, 4) is 0 Å². The van der Waals surface area contributed by atoms with Crippen molar-refractivity contribution in [2.45, 2.75) is 6.42 Å². The van der Waals surface area contributed by atoms with E-state index in [-0.39, 0.29) is 29.8 Å². The van der Waals surface area contributed by atoms with E-state index in [0.717, 1.165) is 12.1 Å². The molecule has 0 aliphatic heterocycles. The third-order valence-corrected chi connectivity index (χ3v) is 3.56. The number of halogens is 2. The standard InChI is InChI=1S/C18H14F2N2O6/c19-14-6-3-12(9-15(14)20)16(23)10-28-17(24)7-8-21-18(25)11-1-4-13(5-2-11)22(26)27/h1-6,9H,7-8,10H2,(H,21,25). The number of non-ortho nitro benzene ring substituents is 1. The topological polar surface area (TPSA) is 116 Å². The minimum Gasteiger partial charge on any atom is -0.457 e. The Morgan fingerprint density at radius 1 is 1.00 bits per heavy atom. The molecule has 1 amide bonds. The Morgan fingerprint density at radius 3 is 2.25 bits per heavy atom. The number of ketones is 1. The molecular weight excluding hydrogens is 378 g/mol. The Kier molecular flexibility index (Phi) is 6.85. The van der Waals surface area contributed by atoms with E-state index < -0.39 is 40.8 Å². The van der Waals surface area contributed by atoms with Crippen molar-refractivity contribution in [1.29, 1.82) is 0 Å². The van der Waals surface area contributed by atoms with Gasteiger partial charge in [0.05, 0.1) is 11.3 Å². The molecular formula is C18H14F2N2O6. The van der Waals surface area contributed by atoms with Crippen molar-refractivity contribution in [1.82, 2.24) is 5.32 Å². The number of benzene rings is 2. The second-order valence-corrected chi connectivity index (χ2v) is 5.52. The number of ether oxygens (including phenoxy) is 1. The van der Waals surface area contributed by atoms with E-state index in [2.05, 4.69) is 5.32 Å². The Labute approximate surface area is 157 Å². The molecule has 0 aromatic heterocycles. The molecule has 2 aromatic rings. The van der Waals surface area contributed by atoms with Crippen molar-refractivity contribution in [3.63, 3.8) is 0 Å². The fourth-order valence-corrected chi connectivity index (χ4v) is 2.09. The van der Waals surface area contributed by atoms with Gasteiger partial charge in [-0.15, -0.1) is 0 Å². The largest absolute Gasteiger partial charge is 0.457 e. The molecule has 1 N–H and O–H groups in total. The van der Waals surface area contributed by atoms with E-state index in [1.807, 2.05) is 0 Å². The van der Waals surface area contributed by atoms with E-state index in [4.69, 9.17) is 4.74 Å². The van der Waals surface area contributed by atoms with E-state index in [9.17, 15) is 33.3 Å². The summed E-state index contributed by atoms with van der Waals surface area (Å²) in [6.07, 6.45) is -0.232. The first kappa shape index (κ1) is 20.6. The number of amides is 1. The average molecular weight is 392 g/mol. The molecule has 0 heterocycles. The molecule has 0 radical (unpaired) electrons. The van der Waals surface area contributed by atoms with Gasteiger partial charge >= 0.3 is 5.97 Å². The molecule has 0 saturated heterocycles. The first-order valence-electron chi connectivity index (χ1n) is 7.94. The molecule has 146 valence electrons. The molecule has 2 rings (SSSR count). The van der Waals surface area contributed by atoms with Crippen LogP contribution in [0.1, 0.15) is 27.1 Å². The summed E-state index contributed by atoms with van der Waals surface area (Å²) < 4.78 is 30.6. The van der Waals surface area contributed by atoms with Crippen LogP contribution in [0.25, 0.3) is 0 Å². The molecule has 28 heavy (non-hydrogen) atoms. The minimum absolute atomic E-state index is 0.0893. The monoisotopic (exact) mass is 392 g/mol. The molecule has 10 heteroatoms. The normalized spacial score (nSPS) is 10.2. The summed E-state index contributed by atoms with van der Waals surface area (Å²) in [5.74, 6) is -4.31. The Balaban J connectivity index is 1.74. The first-order valence-corrected chi connectivity index (χ1v) is 7.94. The predicted octanol–water partition coefficient (Wildman–Crippen LogP) is 2.42. The summed E-state index contributed by atoms with van der Waals surface area (Å²) in [5.41, 5.74) is -0.128. The molecule has 0 bridgehead atoms. The number of hydrogen-bond acceptors (Lipinski definition) is 6. The zero-order valence-electron chi connectivity index (χ0n) is 14.3. The van der Waals surface area contributed by atoms with E-state index in [0.29, 0.717) is 6.07 Å². The number of hydrogen-bond donors (Lipinski definition) is 1. The Morgan fingerprint density at radius 2 is 1.64 bits per heavy atom. The maximum absolute atomic E-state index is 13.1. The molecule has 0 fully saturated rings. The van der Waals surface area contributed by atoms with E-state index >= 15 is 0 Å². The zero-order valence-corrected chi connectivity index (χ0v) is 14.3. The number of nitro groups is 1. The van der Waals surface area contributed by atoms with Crippen LogP contribution in [0.4, 0.5) is 14.5 Å². The summed E-state index contributed by atoms with van der Waals surface area (Å²) >= 11 is 0. The highest BCUT2D eigenvalue weighted by Crippen LogP contribution is 2.12. The van der Waals surface area contributed by atoms with Gasteiger partial charge in [-0.1, -0.05) is 0 Å². The van der Waals surface area contributed by atoms with Gasteiger partial charge in [-0.3, -0.25) is 24.5 Å². The van der Waals surface area contributed by atoms with Gasteiger partial charge in [0.25, 0.3) is 11.6 Å². The zero-order chi connectivity index (χ0) is 20.7. The fourth-order valence-electron chi connectivity index (χ4n) is 2.09. The van der Waals surface area contributed by atoms with E-state index in [1.165, 1.54) is 24.3 Å². The SMILES string of the molecule is O=C(CCNC(=O)c1ccc([N+](=O)[O-])cc1)OCC(=O)c1ccc(F)c(F)c1. The van der Waals surface area contributed by atoms with E-state index in [1.54, 1.807) is 0 Å². The number of nitro benzene ring substituents is 1. The van der Waals surface area contributed by atoms with Gasteiger partial charge in [-0.25, -0.2) is 8.78 Å². The Hall–Kier alpha value is -3.69. The first-order chi connectivity index (χ1) is 13.3. The predicted molar refractivity (Wildman–Crippen MR) is 91.7 cm³/mol. The third-order valence-electron chi connectivity index (χ3n) is 3.56. The Bertz CT molecular complexity index is 915. The molecule has 8 nitrogen and oxygen atoms in total. The number of rotatable bonds is 8. The quantitative estimate of drug-likeness (QED) is 0.319. The molecule has 0 unspecified atom stereocenters.